The summed E-state index contributed by atoms with van der Waals surface area (Å²) in [6, 6.07) is 2.05. The predicted octanol–water partition coefficient (Wildman–Crippen LogP) is 2.05. The highest BCUT2D eigenvalue weighted by Crippen LogP contribution is 2.15. The highest BCUT2D eigenvalue weighted by atomic mass is 35.5. The number of nitrogens with one attached hydrogen (secondary N) is 2. The van der Waals surface area contributed by atoms with Crippen LogP contribution in [0.4, 0.5) is 0 Å². The van der Waals surface area contributed by atoms with Crippen LogP contribution in [0.25, 0.3) is 0 Å². The van der Waals surface area contributed by atoms with Gasteiger partial charge in [0.2, 0.25) is 0 Å². The Morgan fingerprint density at radius 1 is 1.61 bits per heavy atom. The van der Waals surface area contributed by atoms with Crippen LogP contribution in [0.2, 0.25) is 0 Å². The Morgan fingerprint density at radius 3 is 2.94 bits per heavy atom. The molecular formula is C13H21ClN2O2. The maximum atomic E-state index is 12.0. The van der Waals surface area contributed by atoms with Gasteiger partial charge in [0.1, 0.15) is 5.76 Å². The second-order valence-corrected chi connectivity index (χ2v) is 4.59. The number of aryl methyl sites for hydroxylation is 2. The second-order valence-electron chi connectivity index (χ2n) is 4.59. The van der Waals surface area contributed by atoms with Gasteiger partial charge in [-0.1, -0.05) is 6.92 Å². The molecule has 4 nitrogen and oxygen atoms in total. The molecule has 18 heavy (non-hydrogen) atoms. The van der Waals surface area contributed by atoms with Crippen molar-refractivity contribution in [2.45, 2.75) is 39.2 Å². The van der Waals surface area contributed by atoms with Crippen molar-refractivity contribution in [3.8, 4) is 0 Å². The number of furan rings is 1. The molecule has 102 valence electrons. The molecule has 1 aromatic heterocycles. The average Bonchev–Trinajstić information content (AvgIpc) is 2.72. The van der Waals surface area contributed by atoms with E-state index in [0.717, 1.165) is 43.7 Å². The van der Waals surface area contributed by atoms with Crippen LogP contribution in [0, 0.1) is 6.92 Å². The molecule has 0 saturated carbocycles. The van der Waals surface area contributed by atoms with Crippen molar-refractivity contribution in [1.82, 2.24) is 10.6 Å². The summed E-state index contributed by atoms with van der Waals surface area (Å²) in [5, 5.41) is 6.28. The summed E-state index contributed by atoms with van der Waals surface area (Å²) in [5.74, 6) is 1.24. The highest BCUT2D eigenvalue weighted by molar-refractivity contribution is 5.92. The molecule has 0 bridgehead atoms. The first-order valence-electron chi connectivity index (χ1n) is 6.31. The van der Waals surface area contributed by atoms with Gasteiger partial charge in [0.15, 0.2) is 5.76 Å². The minimum Gasteiger partial charge on any atom is -0.456 e. The average molecular weight is 273 g/mol. The monoisotopic (exact) mass is 272 g/mol. The number of carbonyl (C=O) groups is 1. The van der Waals surface area contributed by atoms with Gasteiger partial charge in [-0.05, 0) is 37.9 Å². The molecule has 5 heteroatoms. The van der Waals surface area contributed by atoms with Gasteiger partial charge in [-0.2, -0.15) is 0 Å². The molecular weight excluding hydrogens is 252 g/mol. The number of hydrogen-bond acceptors (Lipinski definition) is 3. The summed E-state index contributed by atoms with van der Waals surface area (Å²) in [4.78, 5) is 12.0. The Kier molecular flexibility index (Phi) is 5.69. The van der Waals surface area contributed by atoms with Crippen molar-refractivity contribution in [2.75, 3.05) is 13.1 Å². The molecule has 1 amide bonds. The van der Waals surface area contributed by atoms with Gasteiger partial charge in [-0.25, -0.2) is 0 Å². The molecule has 1 aromatic rings. The fourth-order valence-corrected chi connectivity index (χ4v) is 2.21. The number of amides is 1. The molecule has 2 heterocycles. The van der Waals surface area contributed by atoms with Crippen molar-refractivity contribution >= 4 is 18.3 Å². The third-order valence-corrected chi connectivity index (χ3v) is 3.20. The molecule has 0 aromatic carbocycles. The summed E-state index contributed by atoms with van der Waals surface area (Å²) in [5.41, 5.74) is 1.06. The lowest BCUT2D eigenvalue weighted by atomic mass is 10.1. The van der Waals surface area contributed by atoms with Gasteiger partial charge in [0.05, 0.1) is 0 Å². The van der Waals surface area contributed by atoms with E-state index in [1.165, 1.54) is 0 Å². The van der Waals surface area contributed by atoms with E-state index in [1.807, 2.05) is 19.9 Å². The summed E-state index contributed by atoms with van der Waals surface area (Å²) in [6.07, 6.45) is 2.98. The largest absolute Gasteiger partial charge is 0.456 e. The van der Waals surface area contributed by atoms with Crippen LogP contribution < -0.4 is 10.6 Å². The molecule has 1 aliphatic heterocycles. The Morgan fingerprint density at radius 2 is 2.39 bits per heavy atom. The smallest absolute Gasteiger partial charge is 0.287 e. The topological polar surface area (TPSA) is 54.3 Å². The van der Waals surface area contributed by atoms with E-state index in [9.17, 15) is 4.79 Å². The van der Waals surface area contributed by atoms with E-state index in [0.29, 0.717) is 5.76 Å². The van der Waals surface area contributed by atoms with Crippen LogP contribution in [0.5, 0.6) is 0 Å². The molecule has 1 unspecified atom stereocenters. The summed E-state index contributed by atoms with van der Waals surface area (Å²) < 4.78 is 5.53. The van der Waals surface area contributed by atoms with Crippen LogP contribution in [0.3, 0.4) is 0 Å². The lowest BCUT2D eigenvalue weighted by Gasteiger charge is -2.23. The van der Waals surface area contributed by atoms with Crippen LogP contribution >= 0.6 is 12.4 Å². The molecule has 0 spiro atoms. The van der Waals surface area contributed by atoms with Crippen LogP contribution in [-0.4, -0.2) is 25.0 Å². The first-order valence-corrected chi connectivity index (χ1v) is 6.31. The first-order chi connectivity index (χ1) is 8.20. The summed E-state index contributed by atoms with van der Waals surface area (Å²) in [6.45, 7) is 5.90. The lowest BCUT2D eigenvalue weighted by molar-refractivity contribution is 0.0901. The van der Waals surface area contributed by atoms with Crippen LogP contribution in [0.15, 0.2) is 10.5 Å². The zero-order chi connectivity index (χ0) is 12.3. The van der Waals surface area contributed by atoms with Crippen molar-refractivity contribution < 1.29 is 9.21 Å². The van der Waals surface area contributed by atoms with Crippen LogP contribution in [0.1, 0.15) is 41.6 Å². The maximum Gasteiger partial charge on any atom is 0.287 e. The Labute approximate surface area is 114 Å². The zero-order valence-corrected chi connectivity index (χ0v) is 11.7. The minimum absolute atomic E-state index is 0. The third-order valence-electron chi connectivity index (χ3n) is 3.20. The zero-order valence-electron chi connectivity index (χ0n) is 10.9. The number of halogens is 1. The van der Waals surface area contributed by atoms with E-state index in [4.69, 9.17) is 4.42 Å². The molecule has 1 saturated heterocycles. The molecule has 1 fully saturated rings. The molecule has 0 aliphatic carbocycles. The predicted molar refractivity (Wildman–Crippen MR) is 73.4 cm³/mol. The van der Waals surface area contributed by atoms with Crippen LogP contribution in [-0.2, 0) is 6.42 Å². The van der Waals surface area contributed by atoms with Gasteiger partial charge in [-0.15, -0.1) is 12.4 Å². The molecule has 2 N–H and O–H groups in total. The summed E-state index contributed by atoms with van der Waals surface area (Å²) in [7, 11) is 0. The van der Waals surface area contributed by atoms with Gasteiger partial charge < -0.3 is 15.1 Å². The lowest BCUT2D eigenvalue weighted by Crippen LogP contribution is -2.45. The number of rotatable bonds is 3. The maximum absolute atomic E-state index is 12.0. The Balaban J connectivity index is 0.00000162. The van der Waals surface area contributed by atoms with Crippen molar-refractivity contribution in [1.29, 1.82) is 0 Å². The van der Waals surface area contributed by atoms with Gasteiger partial charge in [0.25, 0.3) is 5.91 Å². The summed E-state index contributed by atoms with van der Waals surface area (Å²) >= 11 is 0. The molecule has 1 atom stereocenters. The van der Waals surface area contributed by atoms with Gasteiger partial charge >= 0.3 is 0 Å². The van der Waals surface area contributed by atoms with Crippen molar-refractivity contribution in [2.24, 2.45) is 0 Å². The molecule has 2 rings (SSSR count). The van der Waals surface area contributed by atoms with E-state index >= 15 is 0 Å². The van der Waals surface area contributed by atoms with E-state index < -0.39 is 0 Å². The third kappa shape index (κ3) is 3.50. The van der Waals surface area contributed by atoms with E-state index in [1.54, 1.807) is 0 Å². The second kappa shape index (κ2) is 6.81. The molecule has 0 radical (unpaired) electrons. The fraction of sp³-hybridized carbons (Fsp3) is 0.615. The van der Waals surface area contributed by atoms with E-state index in [-0.39, 0.29) is 24.4 Å². The van der Waals surface area contributed by atoms with E-state index in [2.05, 4.69) is 10.6 Å². The Hall–Kier alpha value is -1.00. The number of hydrogen-bond donors (Lipinski definition) is 2. The standard InChI is InChI=1S/C13H20N2O2.ClH/c1-3-11-9(2)7-12(17-11)13(16)15-10-5-4-6-14-8-10;/h7,10,14H,3-6,8H2,1-2H3,(H,15,16);1H. The first kappa shape index (κ1) is 15.1. The highest BCUT2D eigenvalue weighted by Gasteiger charge is 2.19. The number of piperidine rings is 1. The van der Waals surface area contributed by atoms with Crippen molar-refractivity contribution in [3.05, 3.63) is 23.2 Å². The molecule has 1 aliphatic rings. The van der Waals surface area contributed by atoms with Gasteiger partial charge in [0, 0.05) is 19.0 Å². The SMILES string of the molecule is CCc1oc(C(=O)NC2CCCNC2)cc1C.Cl. The van der Waals surface area contributed by atoms with Crippen molar-refractivity contribution in [3.63, 3.8) is 0 Å². The normalized spacial score (nSPS) is 19.1. The number of carbonyl (C=O) groups excluding carboxylic acids is 1. The Bertz CT molecular complexity index is 398. The quantitative estimate of drug-likeness (QED) is 0.886. The fourth-order valence-electron chi connectivity index (χ4n) is 2.21. The minimum atomic E-state index is -0.0958. The van der Waals surface area contributed by atoms with Gasteiger partial charge in [-0.3, -0.25) is 4.79 Å².